The van der Waals surface area contributed by atoms with E-state index >= 15 is 0 Å². The van der Waals surface area contributed by atoms with Gasteiger partial charge in [-0.05, 0) is 60.8 Å². The number of sulfonamides is 1. The van der Waals surface area contributed by atoms with Crippen molar-refractivity contribution >= 4 is 15.9 Å². The van der Waals surface area contributed by atoms with Gasteiger partial charge in [0, 0.05) is 19.0 Å². The van der Waals surface area contributed by atoms with Crippen molar-refractivity contribution in [3.8, 4) is 0 Å². The lowest BCUT2D eigenvalue weighted by Crippen LogP contribution is -2.53. The molecule has 1 aliphatic carbocycles. The summed E-state index contributed by atoms with van der Waals surface area (Å²) in [5.74, 6) is -0.0916. The zero-order valence-electron chi connectivity index (χ0n) is 19.3. The lowest BCUT2D eigenvalue weighted by Gasteiger charge is -2.44. The highest BCUT2D eigenvalue weighted by atomic mass is 32.2. The summed E-state index contributed by atoms with van der Waals surface area (Å²) in [6.07, 6.45) is 4.13. The third-order valence-corrected chi connectivity index (χ3v) is 8.99. The second kappa shape index (κ2) is 8.64. The summed E-state index contributed by atoms with van der Waals surface area (Å²) in [6, 6.07) is 17.4. The average Bonchev–Trinajstić information content (AvgIpc) is 2.76. The topological polar surface area (TPSA) is 66.5 Å². The van der Waals surface area contributed by atoms with E-state index in [2.05, 4.69) is 38.2 Å². The highest BCUT2D eigenvalue weighted by Crippen LogP contribution is 2.41. The van der Waals surface area contributed by atoms with Crippen LogP contribution in [-0.2, 0) is 25.8 Å². The fourth-order valence-corrected chi connectivity index (χ4v) is 6.22. The van der Waals surface area contributed by atoms with Crippen LogP contribution in [0.15, 0.2) is 59.5 Å². The first-order valence-corrected chi connectivity index (χ1v) is 13.0. The van der Waals surface area contributed by atoms with Gasteiger partial charge in [0.1, 0.15) is 0 Å². The lowest BCUT2D eigenvalue weighted by molar-refractivity contribution is -0.129. The van der Waals surface area contributed by atoms with Gasteiger partial charge in [-0.3, -0.25) is 4.79 Å². The Balaban J connectivity index is 1.39. The van der Waals surface area contributed by atoms with Crippen molar-refractivity contribution in [3.63, 3.8) is 0 Å². The molecule has 6 heteroatoms. The number of piperidine rings is 1. The molecule has 1 heterocycles. The van der Waals surface area contributed by atoms with Gasteiger partial charge in [0.15, 0.2) is 0 Å². The molecular weight excluding hydrogens is 420 g/mol. The van der Waals surface area contributed by atoms with Crippen LogP contribution >= 0.6 is 0 Å². The first-order valence-electron chi connectivity index (χ1n) is 11.6. The number of amides is 1. The van der Waals surface area contributed by atoms with Gasteiger partial charge in [-0.2, -0.15) is 4.31 Å². The Morgan fingerprint density at radius 1 is 0.969 bits per heavy atom. The van der Waals surface area contributed by atoms with Crippen LogP contribution in [0.5, 0.6) is 0 Å². The maximum Gasteiger partial charge on any atom is 0.243 e. The van der Waals surface area contributed by atoms with Crippen LogP contribution in [0.1, 0.15) is 64.0 Å². The average molecular weight is 455 g/mol. The molecular formula is C26H34N2O3S. The minimum absolute atomic E-state index is 0.0223. The van der Waals surface area contributed by atoms with Gasteiger partial charge in [0.25, 0.3) is 0 Å². The molecule has 1 N–H and O–H groups in total. The molecule has 5 nitrogen and oxygen atoms in total. The van der Waals surface area contributed by atoms with E-state index in [1.54, 1.807) is 12.1 Å². The van der Waals surface area contributed by atoms with E-state index in [0.29, 0.717) is 30.8 Å². The summed E-state index contributed by atoms with van der Waals surface area (Å²) < 4.78 is 27.8. The van der Waals surface area contributed by atoms with Crippen LogP contribution in [0.3, 0.4) is 0 Å². The molecule has 2 aromatic rings. The Morgan fingerprint density at radius 2 is 1.56 bits per heavy atom. The minimum atomic E-state index is -3.54. The molecule has 0 radical (unpaired) electrons. The smallest absolute Gasteiger partial charge is 0.243 e. The van der Waals surface area contributed by atoms with Crippen LogP contribution in [0.2, 0.25) is 0 Å². The normalized spacial score (nSPS) is 19.8. The number of nitrogens with zero attached hydrogens (tertiary/aromatic N) is 1. The molecule has 0 aromatic heterocycles. The molecule has 0 unspecified atom stereocenters. The van der Waals surface area contributed by atoms with E-state index in [1.165, 1.54) is 9.87 Å². The quantitative estimate of drug-likeness (QED) is 0.719. The van der Waals surface area contributed by atoms with Gasteiger partial charge in [0.2, 0.25) is 15.9 Å². The summed E-state index contributed by atoms with van der Waals surface area (Å²) in [7, 11) is -3.54. The molecule has 1 aliphatic heterocycles. The summed E-state index contributed by atoms with van der Waals surface area (Å²) in [6.45, 7) is 7.08. The summed E-state index contributed by atoms with van der Waals surface area (Å²) >= 11 is 0. The number of rotatable bonds is 5. The standard InChI is InChI=1S/C26H34N2O3S/c1-25(2,3)21-10-12-23(13-11-21)32(30,31)28-18-14-20(15-19-28)24(29)27-26(16-7-17-26)22-8-5-4-6-9-22/h4-6,8-13,20H,7,14-19H2,1-3H3,(H,27,29). The number of carbonyl (C=O) groups excluding carboxylic acids is 1. The molecule has 32 heavy (non-hydrogen) atoms. The Labute approximate surface area is 192 Å². The third-order valence-electron chi connectivity index (χ3n) is 7.08. The largest absolute Gasteiger partial charge is 0.346 e. The minimum Gasteiger partial charge on any atom is -0.346 e. The lowest BCUT2D eigenvalue weighted by atomic mass is 9.71. The van der Waals surface area contributed by atoms with Gasteiger partial charge in [-0.25, -0.2) is 8.42 Å². The van der Waals surface area contributed by atoms with E-state index < -0.39 is 10.0 Å². The molecule has 172 valence electrons. The van der Waals surface area contributed by atoms with Crippen molar-refractivity contribution < 1.29 is 13.2 Å². The highest BCUT2D eigenvalue weighted by Gasteiger charge is 2.42. The summed E-state index contributed by atoms with van der Waals surface area (Å²) in [4.78, 5) is 13.4. The second-order valence-corrected chi connectivity index (χ2v) is 12.2. The van der Waals surface area contributed by atoms with Gasteiger partial charge in [-0.15, -0.1) is 0 Å². The van der Waals surface area contributed by atoms with E-state index in [1.807, 2.05) is 30.3 Å². The van der Waals surface area contributed by atoms with Crippen LogP contribution in [0, 0.1) is 5.92 Å². The molecule has 4 rings (SSSR count). The monoisotopic (exact) mass is 454 g/mol. The van der Waals surface area contributed by atoms with Crippen molar-refractivity contribution in [2.75, 3.05) is 13.1 Å². The van der Waals surface area contributed by atoms with Crippen LogP contribution in [-0.4, -0.2) is 31.7 Å². The van der Waals surface area contributed by atoms with Crippen molar-refractivity contribution in [3.05, 3.63) is 65.7 Å². The molecule has 2 aliphatic rings. The Kier molecular flexibility index (Phi) is 6.21. The van der Waals surface area contributed by atoms with E-state index in [0.717, 1.165) is 24.8 Å². The van der Waals surface area contributed by atoms with Crippen LogP contribution in [0.4, 0.5) is 0 Å². The molecule has 2 aromatic carbocycles. The number of benzene rings is 2. The predicted octanol–water partition coefficient (Wildman–Crippen LogP) is 4.58. The molecule has 0 atom stereocenters. The van der Waals surface area contributed by atoms with Crippen molar-refractivity contribution in [1.82, 2.24) is 9.62 Å². The maximum absolute atomic E-state index is 13.1. The summed E-state index contributed by atoms with van der Waals surface area (Å²) in [5.41, 5.74) is 2.00. The van der Waals surface area contributed by atoms with E-state index in [-0.39, 0.29) is 22.8 Å². The Morgan fingerprint density at radius 3 is 2.06 bits per heavy atom. The molecule has 0 bridgehead atoms. The predicted molar refractivity (Wildman–Crippen MR) is 127 cm³/mol. The van der Waals surface area contributed by atoms with Crippen LogP contribution < -0.4 is 5.32 Å². The van der Waals surface area contributed by atoms with Gasteiger partial charge >= 0.3 is 0 Å². The number of hydrogen-bond donors (Lipinski definition) is 1. The van der Waals surface area contributed by atoms with Crippen molar-refractivity contribution in [2.45, 2.75) is 68.7 Å². The zero-order valence-corrected chi connectivity index (χ0v) is 20.1. The molecule has 2 fully saturated rings. The second-order valence-electron chi connectivity index (χ2n) is 10.2. The molecule has 1 saturated heterocycles. The summed E-state index contributed by atoms with van der Waals surface area (Å²) in [5, 5.41) is 3.31. The van der Waals surface area contributed by atoms with Gasteiger partial charge in [-0.1, -0.05) is 63.2 Å². The first-order chi connectivity index (χ1) is 15.1. The van der Waals surface area contributed by atoms with Gasteiger partial charge < -0.3 is 5.32 Å². The fourth-order valence-electron chi connectivity index (χ4n) is 4.75. The maximum atomic E-state index is 13.1. The first kappa shape index (κ1) is 23.0. The number of nitrogens with one attached hydrogen (secondary N) is 1. The SMILES string of the molecule is CC(C)(C)c1ccc(S(=O)(=O)N2CCC(C(=O)NC3(c4ccccc4)CCC3)CC2)cc1. The number of carbonyl (C=O) groups is 1. The molecule has 0 spiro atoms. The van der Waals surface area contributed by atoms with Crippen molar-refractivity contribution in [1.29, 1.82) is 0 Å². The third kappa shape index (κ3) is 4.48. The zero-order chi connectivity index (χ0) is 23.0. The van der Waals surface area contributed by atoms with Crippen molar-refractivity contribution in [2.24, 2.45) is 5.92 Å². The highest BCUT2D eigenvalue weighted by molar-refractivity contribution is 7.89. The molecule has 1 amide bonds. The Hall–Kier alpha value is -2.18. The molecule has 1 saturated carbocycles. The Bertz CT molecular complexity index is 1040. The fraction of sp³-hybridized carbons (Fsp3) is 0.500. The van der Waals surface area contributed by atoms with E-state index in [9.17, 15) is 13.2 Å². The number of hydrogen-bond acceptors (Lipinski definition) is 3. The van der Waals surface area contributed by atoms with Gasteiger partial charge in [0.05, 0.1) is 10.4 Å². The van der Waals surface area contributed by atoms with E-state index in [4.69, 9.17) is 0 Å². The van der Waals surface area contributed by atoms with Crippen LogP contribution in [0.25, 0.3) is 0 Å².